The molecule has 1 atom stereocenters. The van der Waals surface area contributed by atoms with Gasteiger partial charge < -0.3 is 5.32 Å². The van der Waals surface area contributed by atoms with Gasteiger partial charge in [-0.1, -0.05) is 26.0 Å². The Hall–Kier alpha value is -0.670. The van der Waals surface area contributed by atoms with Crippen LogP contribution >= 0.6 is 0 Å². The number of benzene rings is 1. The minimum absolute atomic E-state index is 0.0890. The van der Waals surface area contributed by atoms with E-state index in [4.69, 9.17) is 0 Å². The summed E-state index contributed by atoms with van der Waals surface area (Å²) < 4.78 is 12.1. The standard InChI is InChI=1S/C15H25NOS/c1-12(2)13-6-8-14(9-7-13)18(17)11-10-16-15(3,4)5/h6-9,12,16H,10-11H2,1-5H3. The lowest BCUT2D eigenvalue weighted by atomic mass is 10.0. The monoisotopic (exact) mass is 267 g/mol. The molecule has 0 aliphatic rings. The largest absolute Gasteiger partial charge is 0.311 e. The van der Waals surface area contributed by atoms with Gasteiger partial charge in [-0.2, -0.15) is 0 Å². The predicted octanol–water partition coefficient (Wildman–Crippen LogP) is 3.31. The molecule has 0 amide bonds. The second kappa shape index (κ2) is 6.48. The van der Waals surface area contributed by atoms with Gasteiger partial charge >= 0.3 is 0 Å². The van der Waals surface area contributed by atoms with Crippen molar-refractivity contribution < 1.29 is 4.21 Å². The lowest BCUT2D eigenvalue weighted by Crippen LogP contribution is -2.38. The van der Waals surface area contributed by atoms with E-state index in [9.17, 15) is 4.21 Å². The number of hydrogen-bond donors (Lipinski definition) is 1. The Bertz CT molecular complexity index is 390. The van der Waals surface area contributed by atoms with E-state index >= 15 is 0 Å². The first-order chi connectivity index (χ1) is 8.29. The fourth-order valence-corrected chi connectivity index (χ4v) is 2.60. The summed E-state index contributed by atoms with van der Waals surface area (Å²) in [4.78, 5) is 0.926. The van der Waals surface area contributed by atoms with Crippen molar-refractivity contribution in [3.05, 3.63) is 29.8 Å². The molecule has 1 aromatic rings. The zero-order valence-electron chi connectivity index (χ0n) is 12.1. The second-order valence-electron chi connectivity index (χ2n) is 5.95. The summed E-state index contributed by atoms with van der Waals surface area (Å²) in [5, 5.41) is 3.36. The Kier molecular flexibility index (Phi) is 5.54. The molecule has 1 aromatic carbocycles. The molecule has 1 unspecified atom stereocenters. The Morgan fingerprint density at radius 3 is 2.17 bits per heavy atom. The smallest absolute Gasteiger partial charge is 0.0542 e. The third-order valence-electron chi connectivity index (χ3n) is 2.75. The summed E-state index contributed by atoms with van der Waals surface area (Å²) in [5.41, 5.74) is 1.38. The quantitative estimate of drug-likeness (QED) is 0.887. The molecule has 0 heterocycles. The van der Waals surface area contributed by atoms with E-state index in [2.05, 4.69) is 52.1 Å². The summed E-state index contributed by atoms with van der Waals surface area (Å²) in [6.45, 7) is 11.5. The van der Waals surface area contributed by atoms with Crippen LogP contribution in [0.15, 0.2) is 29.2 Å². The normalized spacial score (nSPS) is 13.9. The van der Waals surface area contributed by atoms with Crippen LogP contribution in [0.5, 0.6) is 0 Å². The van der Waals surface area contributed by atoms with Gasteiger partial charge in [0, 0.05) is 22.7 Å². The molecule has 0 spiro atoms. The van der Waals surface area contributed by atoms with Crippen LogP contribution in [0, 0.1) is 0 Å². The van der Waals surface area contributed by atoms with Crippen LogP contribution < -0.4 is 5.32 Å². The molecule has 1 rings (SSSR count). The van der Waals surface area contributed by atoms with Crippen molar-refractivity contribution >= 4 is 10.8 Å². The molecule has 0 aliphatic carbocycles. The van der Waals surface area contributed by atoms with Crippen molar-refractivity contribution in [3.63, 3.8) is 0 Å². The maximum Gasteiger partial charge on any atom is 0.0542 e. The van der Waals surface area contributed by atoms with Crippen LogP contribution in [0.25, 0.3) is 0 Å². The van der Waals surface area contributed by atoms with Crippen LogP contribution in [0.2, 0.25) is 0 Å². The van der Waals surface area contributed by atoms with Gasteiger partial charge in [0.15, 0.2) is 0 Å². The average molecular weight is 267 g/mol. The minimum Gasteiger partial charge on any atom is -0.311 e. The Labute approximate surface area is 114 Å². The van der Waals surface area contributed by atoms with Crippen LogP contribution in [-0.4, -0.2) is 22.0 Å². The molecule has 2 nitrogen and oxygen atoms in total. The highest BCUT2D eigenvalue weighted by Gasteiger charge is 2.10. The summed E-state index contributed by atoms with van der Waals surface area (Å²) in [6, 6.07) is 8.13. The van der Waals surface area contributed by atoms with Crippen molar-refractivity contribution in [3.8, 4) is 0 Å². The molecule has 0 saturated carbocycles. The first-order valence-electron chi connectivity index (χ1n) is 6.53. The zero-order valence-corrected chi connectivity index (χ0v) is 12.9. The summed E-state index contributed by atoms with van der Waals surface area (Å²) in [7, 11) is -0.902. The number of hydrogen-bond acceptors (Lipinski definition) is 2. The van der Waals surface area contributed by atoms with Crippen molar-refractivity contribution in [1.29, 1.82) is 0 Å². The Morgan fingerprint density at radius 2 is 1.72 bits per heavy atom. The molecule has 0 aliphatic heterocycles. The van der Waals surface area contributed by atoms with E-state index in [0.717, 1.165) is 11.4 Å². The lowest BCUT2D eigenvalue weighted by molar-refractivity contribution is 0.440. The van der Waals surface area contributed by atoms with E-state index in [1.807, 2.05) is 12.1 Å². The van der Waals surface area contributed by atoms with E-state index < -0.39 is 10.8 Å². The van der Waals surface area contributed by atoms with E-state index in [0.29, 0.717) is 11.7 Å². The lowest BCUT2D eigenvalue weighted by Gasteiger charge is -2.20. The van der Waals surface area contributed by atoms with Crippen molar-refractivity contribution in [1.82, 2.24) is 5.32 Å². The van der Waals surface area contributed by atoms with Gasteiger partial charge in [-0.25, -0.2) is 0 Å². The van der Waals surface area contributed by atoms with Gasteiger partial charge in [-0.15, -0.1) is 0 Å². The molecule has 0 fully saturated rings. The van der Waals surface area contributed by atoms with Crippen molar-refractivity contribution in [2.24, 2.45) is 0 Å². The highest BCUT2D eigenvalue weighted by Crippen LogP contribution is 2.16. The third-order valence-corrected chi connectivity index (χ3v) is 4.13. The zero-order chi connectivity index (χ0) is 13.8. The number of rotatable bonds is 5. The molecule has 3 heteroatoms. The molecule has 18 heavy (non-hydrogen) atoms. The first kappa shape index (κ1) is 15.4. The molecular formula is C15H25NOS. The van der Waals surface area contributed by atoms with E-state index in [-0.39, 0.29) is 5.54 Å². The van der Waals surface area contributed by atoms with Crippen molar-refractivity contribution in [2.45, 2.75) is 51.0 Å². The van der Waals surface area contributed by atoms with Crippen molar-refractivity contribution in [2.75, 3.05) is 12.3 Å². The first-order valence-corrected chi connectivity index (χ1v) is 7.85. The van der Waals surface area contributed by atoms with Crippen LogP contribution in [0.3, 0.4) is 0 Å². The number of nitrogens with one attached hydrogen (secondary N) is 1. The molecule has 1 N–H and O–H groups in total. The van der Waals surface area contributed by atoms with Gasteiger partial charge in [0.1, 0.15) is 0 Å². The second-order valence-corrected chi connectivity index (χ2v) is 7.52. The average Bonchev–Trinajstić information content (AvgIpc) is 2.27. The summed E-state index contributed by atoms with van der Waals surface area (Å²) >= 11 is 0. The maximum absolute atomic E-state index is 12.1. The van der Waals surface area contributed by atoms with Crippen LogP contribution in [-0.2, 0) is 10.8 Å². The van der Waals surface area contributed by atoms with E-state index in [1.165, 1.54) is 5.56 Å². The van der Waals surface area contributed by atoms with Gasteiger partial charge in [-0.3, -0.25) is 4.21 Å². The SMILES string of the molecule is CC(C)c1ccc(S(=O)CCNC(C)(C)C)cc1. The van der Waals surface area contributed by atoms with E-state index in [1.54, 1.807) is 0 Å². The van der Waals surface area contributed by atoms with Gasteiger partial charge in [-0.05, 0) is 44.4 Å². The predicted molar refractivity (Wildman–Crippen MR) is 79.6 cm³/mol. The third kappa shape index (κ3) is 5.32. The highest BCUT2D eigenvalue weighted by atomic mass is 32.2. The molecule has 102 valence electrons. The van der Waals surface area contributed by atoms with Gasteiger partial charge in [0.05, 0.1) is 10.8 Å². The fraction of sp³-hybridized carbons (Fsp3) is 0.600. The Balaban J connectivity index is 2.52. The Morgan fingerprint density at radius 1 is 1.17 bits per heavy atom. The molecular weight excluding hydrogens is 242 g/mol. The topological polar surface area (TPSA) is 29.1 Å². The van der Waals surface area contributed by atoms with Gasteiger partial charge in [0.2, 0.25) is 0 Å². The fourth-order valence-electron chi connectivity index (χ4n) is 1.64. The highest BCUT2D eigenvalue weighted by molar-refractivity contribution is 7.85. The van der Waals surface area contributed by atoms with Crippen LogP contribution in [0.1, 0.15) is 46.1 Å². The van der Waals surface area contributed by atoms with Crippen LogP contribution in [0.4, 0.5) is 0 Å². The summed E-state index contributed by atoms with van der Waals surface area (Å²) in [5.74, 6) is 1.19. The van der Waals surface area contributed by atoms with Gasteiger partial charge in [0.25, 0.3) is 0 Å². The molecule has 0 bridgehead atoms. The summed E-state index contributed by atoms with van der Waals surface area (Å²) in [6.07, 6.45) is 0. The molecule has 0 saturated heterocycles. The molecule has 0 radical (unpaired) electrons. The maximum atomic E-state index is 12.1. The minimum atomic E-state index is -0.902. The molecule has 0 aromatic heterocycles.